The fourth-order valence-corrected chi connectivity index (χ4v) is 1.03. The molecule has 0 aromatic rings. The van der Waals surface area contributed by atoms with Gasteiger partial charge in [-0.2, -0.15) is 0 Å². The summed E-state index contributed by atoms with van der Waals surface area (Å²) in [6.07, 6.45) is 9.97. The van der Waals surface area contributed by atoms with Crippen LogP contribution in [-0.2, 0) is 0 Å². The van der Waals surface area contributed by atoms with E-state index in [0.717, 1.165) is 0 Å². The maximum Gasteiger partial charge on any atom is 1.00 e. The molecule has 0 spiro atoms. The van der Waals surface area contributed by atoms with E-state index in [1.54, 1.807) is 0 Å². The summed E-state index contributed by atoms with van der Waals surface area (Å²) in [5.41, 5.74) is 0. The van der Waals surface area contributed by atoms with Crippen molar-refractivity contribution in [1.29, 1.82) is 0 Å². The molecule has 0 rings (SSSR count). The van der Waals surface area contributed by atoms with E-state index in [0.29, 0.717) is 0 Å². The SMILES string of the molecule is CCCCCCCCC.[H-].[K+]. The summed E-state index contributed by atoms with van der Waals surface area (Å²) < 4.78 is 0. The minimum Gasteiger partial charge on any atom is -1.00 e. The zero-order valence-electron chi connectivity index (χ0n) is 8.95. The quantitative estimate of drug-likeness (QED) is 0.408. The van der Waals surface area contributed by atoms with E-state index >= 15 is 0 Å². The number of rotatable bonds is 6. The maximum atomic E-state index is 2.26. The summed E-state index contributed by atoms with van der Waals surface area (Å²) >= 11 is 0. The Hall–Kier alpha value is 1.64. The zero-order chi connectivity index (χ0) is 6.95. The van der Waals surface area contributed by atoms with Crippen LogP contribution >= 0.6 is 0 Å². The van der Waals surface area contributed by atoms with Gasteiger partial charge in [-0.1, -0.05) is 58.8 Å². The van der Waals surface area contributed by atoms with Gasteiger partial charge in [-0.05, 0) is 0 Å². The van der Waals surface area contributed by atoms with Gasteiger partial charge in [0.2, 0.25) is 0 Å². The van der Waals surface area contributed by atoms with Gasteiger partial charge in [-0.25, -0.2) is 0 Å². The molecule has 0 saturated carbocycles. The van der Waals surface area contributed by atoms with Gasteiger partial charge in [0.1, 0.15) is 0 Å². The monoisotopic (exact) mass is 168 g/mol. The van der Waals surface area contributed by atoms with Gasteiger partial charge in [0, 0.05) is 0 Å². The van der Waals surface area contributed by atoms with Crippen LogP contribution in [0.5, 0.6) is 0 Å². The van der Waals surface area contributed by atoms with Crippen LogP contribution in [0, 0.1) is 0 Å². The normalized spacial score (nSPS) is 9.00. The summed E-state index contributed by atoms with van der Waals surface area (Å²) in [5, 5.41) is 0. The minimum absolute atomic E-state index is 0. The standard InChI is InChI=1S/C9H20.K.H/c1-3-5-7-9-8-6-4-2;;/h3-9H2,1-2H3;;/q;+1;-1. The smallest absolute Gasteiger partial charge is 1.00 e. The molecule has 0 heterocycles. The third-order valence-electron chi connectivity index (χ3n) is 1.71. The van der Waals surface area contributed by atoms with E-state index in [2.05, 4.69) is 13.8 Å². The van der Waals surface area contributed by atoms with Gasteiger partial charge in [0.25, 0.3) is 0 Å². The second kappa shape index (κ2) is 13.2. The van der Waals surface area contributed by atoms with Crippen LogP contribution in [0.3, 0.4) is 0 Å². The average molecular weight is 168 g/mol. The third-order valence-corrected chi connectivity index (χ3v) is 1.71. The van der Waals surface area contributed by atoms with E-state index in [1.165, 1.54) is 44.9 Å². The zero-order valence-corrected chi connectivity index (χ0v) is 11.1. The first-order chi connectivity index (χ1) is 4.41. The van der Waals surface area contributed by atoms with Crippen LogP contribution in [0.4, 0.5) is 0 Å². The van der Waals surface area contributed by atoms with E-state index in [9.17, 15) is 0 Å². The molecule has 0 aliphatic heterocycles. The van der Waals surface area contributed by atoms with E-state index < -0.39 is 0 Å². The maximum absolute atomic E-state index is 2.26. The van der Waals surface area contributed by atoms with E-state index in [4.69, 9.17) is 0 Å². The van der Waals surface area contributed by atoms with Crippen molar-refractivity contribution in [2.24, 2.45) is 0 Å². The van der Waals surface area contributed by atoms with Crippen LogP contribution in [0.15, 0.2) is 0 Å². The molecule has 0 N–H and O–H groups in total. The van der Waals surface area contributed by atoms with E-state index in [-0.39, 0.29) is 52.8 Å². The molecule has 1 heteroatoms. The Kier molecular flexibility index (Phi) is 18.8. The molecule has 0 aliphatic rings. The van der Waals surface area contributed by atoms with Crippen molar-refractivity contribution >= 4 is 0 Å². The number of hydrogen-bond acceptors (Lipinski definition) is 0. The third kappa shape index (κ3) is 12.3. The number of unbranched alkanes of at least 4 members (excludes halogenated alkanes) is 6. The molecule has 0 unspecified atom stereocenters. The topological polar surface area (TPSA) is 0 Å². The van der Waals surface area contributed by atoms with Crippen molar-refractivity contribution in [3.63, 3.8) is 0 Å². The van der Waals surface area contributed by atoms with Gasteiger partial charge in [-0.3, -0.25) is 0 Å². The molecule has 0 aromatic heterocycles. The molecular weight excluding hydrogens is 147 g/mol. The predicted molar refractivity (Wildman–Crippen MR) is 44.8 cm³/mol. The van der Waals surface area contributed by atoms with Gasteiger partial charge >= 0.3 is 51.4 Å². The average Bonchev–Trinajstić information content (AvgIpc) is 1.89. The van der Waals surface area contributed by atoms with Crippen molar-refractivity contribution in [2.75, 3.05) is 0 Å². The van der Waals surface area contributed by atoms with Gasteiger partial charge in [0.05, 0.1) is 0 Å². The first kappa shape index (κ1) is 14.2. The fraction of sp³-hybridized carbons (Fsp3) is 1.00. The van der Waals surface area contributed by atoms with Crippen molar-refractivity contribution in [2.45, 2.75) is 58.8 Å². The molecule has 0 bridgehead atoms. The molecule has 58 valence electrons. The summed E-state index contributed by atoms with van der Waals surface area (Å²) in [4.78, 5) is 0. The molecule has 0 atom stereocenters. The molecule has 0 fully saturated rings. The molecule has 0 saturated heterocycles. The van der Waals surface area contributed by atoms with Crippen LogP contribution in [0.1, 0.15) is 60.2 Å². The first-order valence-electron chi connectivity index (χ1n) is 4.41. The molecule has 0 amide bonds. The summed E-state index contributed by atoms with van der Waals surface area (Å²) in [6.45, 7) is 4.53. The van der Waals surface area contributed by atoms with Crippen molar-refractivity contribution in [1.82, 2.24) is 0 Å². The Labute approximate surface area is 110 Å². The fourth-order valence-electron chi connectivity index (χ4n) is 1.03. The second-order valence-corrected chi connectivity index (χ2v) is 2.77. The Bertz CT molecular complexity index is 42.8. The number of hydrogen-bond donors (Lipinski definition) is 0. The molecule has 0 radical (unpaired) electrons. The molecule has 10 heavy (non-hydrogen) atoms. The van der Waals surface area contributed by atoms with Gasteiger partial charge in [0.15, 0.2) is 0 Å². The Morgan fingerprint density at radius 1 is 0.700 bits per heavy atom. The van der Waals surface area contributed by atoms with Gasteiger partial charge in [-0.15, -0.1) is 0 Å². The second-order valence-electron chi connectivity index (χ2n) is 2.77. The largest absolute Gasteiger partial charge is 1.00 e. The van der Waals surface area contributed by atoms with E-state index in [1.807, 2.05) is 0 Å². The van der Waals surface area contributed by atoms with Crippen molar-refractivity contribution in [3.05, 3.63) is 0 Å². The predicted octanol–water partition coefficient (Wildman–Crippen LogP) is 0.873. The summed E-state index contributed by atoms with van der Waals surface area (Å²) in [6, 6.07) is 0. The molecule has 0 nitrogen and oxygen atoms in total. The molecule has 0 aliphatic carbocycles. The Balaban J connectivity index is -0.000000320. The summed E-state index contributed by atoms with van der Waals surface area (Å²) in [5.74, 6) is 0. The Morgan fingerprint density at radius 3 is 1.30 bits per heavy atom. The minimum atomic E-state index is 0. The van der Waals surface area contributed by atoms with Crippen LogP contribution < -0.4 is 51.4 Å². The summed E-state index contributed by atoms with van der Waals surface area (Å²) in [7, 11) is 0. The van der Waals surface area contributed by atoms with Crippen LogP contribution in [0.25, 0.3) is 0 Å². The van der Waals surface area contributed by atoms with Crippen LogP contribution in [-0.4, -0.2) is 0 Å². The van der Waals surface area contributed by atoms with Crippen molar-refractivity contribution < 1.29 is 52.8 Å². The van der Waals surface area contributed by atoms with Crippen LogP contribution in [0.2, 0.25) is 0 Å². The Morgan fingerprint density at radius 2 is 1.00 bits per heavy atom. The van der Waals surface area contributed by atoms with Crippen molar-refractivity contribution in [3.8, 4) is 0 Å². The van der Waals surface area contributed by atoms with Gasteiger partial charge < -0.3 is 1.43 Å². The molecular formula is C9H21K. The molecule has 0 aromatic carbocycles. The first-order valence-corrected chi connectivity index (χ1v) is 4.41.